The smallest absolute Gasteiger partial charge is 0.0487 e. The Balaban J connectivity index is 2.15. The van der Waals surface area contributed by atoms with Crippen LogP contribution in [0.15, 0.2) is 27.1 Å². The summed E-state index contributed by atoms with van der Waals surface area (Å²) in [6.45, 7) is 7.11. The number of halogens is 2. The van der Waals surface area contributed by atoms with Crippen LogP contribution in [0, 0.1) is 11.3 Å². The van der Waals surface area contributed by atoms with Crippen LogP contribution in [0.2, 0.25) is 0 Å². The summed E-state index contributed by atoms with van der Waals surface area (Å²) in [4.78, 5) is 0. The third-order valence-corrected chi connectivity index (χ3v) is 5.30. The number of hydrogen-bond donors (Lipinski definition) is 1. The van der Waals surface area contributed by atoms with Crippen molar-refractivity contribution in [1.82, 2.24) is 0 Å². The predicted octanol–water partition coefficient (Wildman–Crippen LogP) is 6.23. The van der Waals surface area contributed by atoms with E-state index in [1.54, 1.807) is 0 Å². The van der Waals surface area contributed by atoms with Crippen LogP contribution in [0.3, 0.4) is 0 Å². The molecule has 1 nitrogen and oxygen atoms in total. The van der Waals surface area contributed by atoms with Crippen molar-refractivity contribution in [2.45, 2.75) is 52.5 Å². The largest absolute Gasteiger partial charge is 0.381 e. The van der Waals surface area contributed by atoms with E-state index in [1.807, 2.05) is 0 Å². The van der Waals surface area contributed by atoms with E-state index in [4.69, 9.17) is 0 Å². The molecule has 2 atom stereocenters. The molecule has 106 valence electrons. The van der Waals surface area contributed by atoms with E-state index in [1.165, 1.54) is 31.4 Å². The fourth-order valence-corrected chi connectivity index (χ4v) is 4.31. The van der Waals surface area contributed by atoms with Gasteiger partial charge in [-0.3, -0.25) is 0 Å². The van der Waals surface area contributed by atoms with Gasteiger partial charge in [-0.1, -0.05) is 49.5 Å². The highest BCUT2D eigenvalue weighted by Crippen LogP contribution is 2.40. The van der Waals surface area contributed by atoms with E-state index in [0.717, 1.165) is 14.9 Å². The first-order valence-electron chi connectivity index (χ1n) is 7.09. The topological polar surface area (TPSA) is 12.0 Å². The van der Waals surface area contributed by atoms with Crippen LogP contribution in [0.25, 0.3) is 0 Å². The second-order valence-electron chi connectivity index (χ2n) is 6.63. The van der Waals surface area contributed by atoms with Gasteiger partial charge in [0.15, 0.2) is 0 Å². The molecule has 0 amide bonds. The maximum absolute atomic E-state index is 3.77. The van der Waals surface area contributed by atoms with Crippen LogP contribution in [0.5, 0.6) is 0 Å². The quantitative estimate of drug-likeness (QED) is 0.633. The van der Waals surface area contributed by atoms with Gasteiger partial charge in [-0.15, -0.1) is 0 Å². The Labute approximate surface area is 133 Å². The Morgan fingerprint density at radius 2 is 1.79 bits per heavy atom. The number of benzene rings is 1. The van der Waals surface area contributed by atoms with E-state index in [9.17, 15) is 0 Å². The van der Waals surface area contributed by atoms with Gasteiger partial charge in [-0.2, -0.15) is 0 Å². The lowest BCUT2D eigenvalue weighted by Gasteiger charge is -2.41. The Morgan fingerprint density at radius 1 is 1.11 bits per heavy atom. The van der Waals surface area contributed by atoms with Gasteiger partial charge >= 0.3 is 0 Å². The maximum atomic E-state index is 3.77. The first-order chi connectivity index (χ1) is 8.88. The molecule has 1 aliphatic rings. The Bertz CT molecular complexity index is 437. The van der Waals surface area contributed by atoms with Crippen molar-refractivity contribution in [1.29, 1.82) is 0 Å². The van der Waals surface area contributed by atoms with Crippen molar-refractivity contribution in [3.63, 3.8) is 0 Å². The highest BCUT2D eigenvalue weighted by Gasteiger charge is 2.34. The van der Waals surface area contributed by atoms with Gasteiger partial charge in [0.2, 0.25) is 0 Å². The summed E-state index contributed by atoms with van der Waals surface area (Å²) in [6.07, 6.45) is 5.35. The molecule has 2 rings (SSSR count). The van der Waals surface area contributed by atoms with Gasteiger partial charge in [-0.05, 0) is 58.3 Å². The standard InChI is InChI=1S/C16H23Br2N/c1-16(2,3)12-6-4-5-7-14(12)19-15-9-8-11(17)10-13(15)18/h8-10,12,14,19H,4-7H2,1-3H3. The van der Waals surface area contributed by atoms with Crippen molar-refractivity contribution < 1.29 is 0 Å². The first-order valence-corrected chi connectivity index (χ1v) is 8.68. The third-order valence-electron chi connectivity index (χ3n) is 4.15. The molecule has 0 saturated heterocycles. The van der Waals surface area contributed by atoms with E-state index < -0.39 is 0 Å². The lowest BCUT2D eigenvalue weighted by Crippen LogP contribution is -2.39. The first kappa shape index (κ1) is 15.4. The van der Waals surface area contributed by atoms with Gasteiger partial charge < -0.3 is 5.32 Å². The van der Waals surface area contributed by atoms with E-state index >= 15 is 0 Å². The second-order valence-corrected chi connectivity index (χ2v) is 8.40. The number of anilines is 1. The molecule has 2 unspecified atom stereocenters. The zero-order chi connectivity index (χ0) is 14.0. The summed E-state index contributed by atoms with van der Waals surface area (Å²) >= 11 is 7.16. The molecule has 0 heterocycles. The highest BCUT2D eigenvalue weighted by molar-refractivity contribution is 9.11. The third kappa shape index (κ3) is 3.98. The van der Waals surface area contributed by atoms with E-state index in [0.29, 0.717) is 11.5 Å². The minimum Gasteiger partial charge on any atom is -0.381 e. The SMILES string of the molecule is CC(C)(C)C1CCCCC1Nc1ccc(Br)cc1Br. The average Bonchev–Trinajstić information content (AvgIpc) is 2.32. The number of nitrogens with one attached hydrogen (secondary N) is 1. The monoisotopic (exact) mass is 387 g/mol. The minimum atomic E-state index is 0.375. The van der Waals surface area contributed by atoms with Gasteiger partial charge in [0, 0.05) is 20.7 Å². The second kappa shape index (κ2) is 6.17. The highest BCUT2D eigenvalue weighted by atomic mass is 79.9. The molecule has 0 bridgehead atoms. The molecule has 0 radical (unpaired) electrons. The van der Waals surface area contributed by atoms with Crippen LogP contribution >= 0.6 is 31.9 Å². The molecule has 19 heavy (non-hydrogen) atoms. The van der Waals surface area contributed by atoms with Crippen LogP contribution in [0.4, 0.5) is 5.69 Å². The summed E-state index contributed by atoms with van der Waals surface area (Å²) in [7, 11) is 0. The van der Waals surface area contributed by atoms with Crippen molar-refractivity contribution in [2.24, 2.45) is 11.3 Å². The van der Waals surface area contributed by atoms with Crippen molar-refractivity contribution >= 4 is 37.5 Å². The Kier molecular flexibility index (Phi) is 4.99. The number of rotatable bonds is 2. The van der Waals surface area contributed by atoms with E-state index in [-0.39, 0.29) is 0 Å². The molecule has 0 aromatic heterocycles. The fraction of sp³-hybridized carbons (Fsp3) is 0.625. The molecule has 1 aliphatic carbocycles. The maximum Gasteiger partial charge on any atom is 0.0487 e. The normalized spacial score (nSPS) is 24.3. The minimum absolute atomic E-state index is 0.375. The summed E-state index contributed by atoms with van der Waals surface area (Å²) in [5, 5.41) is 3.77. The molecule has 1 N–H and O–H groups in total. The molecule has 3 heteroatoms. The molecule has 1 aromatic carbocycles. The van der Waals surface area contributed by atoms with Crippen LogP contribution in [0.1, 0.15) is 46.5 Å². The van der Waals surface area contributed by atoms with Gasteiger partial charge in [0.05, 0.1) is 0 Å². The average molecular weight is 389 g/mol. The molecule has 0 spiro atoms. The Morgan fingerprint density at radius 3 is 2.42 bits per heavy atom. The molecular weight excluding hydrogens is 366 g/mol. The molecule has 1 aromatic rings. The summed E-state index contributed by atoms with van der Waals surface area (Å²) in [6, 6.07) is 6.95. The Hall–Kier alpha value is -0.0200. The van der Waals surface area contributed by atoms with Crippen molar-refractivity contribution in [2.75, 3.05) is 5.32 Å². The zero-order valence-electron chi connectivity index (χ0n) is 12.0. The summed E-state index contributed by atoms with van der Waals surface area (Å²) < 4.78 is 2.25. The van der Waals surface area contributed by atoms with Crippen molar-refractivity contribution in [3.05, 3.63) is 27.1 Å². The van der Waals surface area contributed by atoms with Crippen molar-refractivity contribution in [3.8, 4) is 0 Å². The van der Waals surface area contributed by atoms with Gasteiger partial charge in [0.1, 0.15) is 0 Å². The molecule has 1 saturated carbocycles. The lowest BCUT2D eigenvalue weighted by atomic mass is 9.69. The zero-order valence-corrected chi connectivity index (χ0v) is 15.1. The molecule has 0 aliphatic heterocycles. The van der Waals surface area contributed by atoms with Gasteiger partial charge in [0.25, 0.3) is 0 Å². The molecule has 1 fully saturated rings. The van der Waals surface area contributed by atoms with Crippen LogP contribution in [-0.4, -0.2) is 6.04 Å². The molecular formula is C16H23Br2N. The lowest BCUT2D eigenvalue weighted by molar-refractivity contribution is 0.163. The summed E-state index contributed by atoms with van der Waals surface area (Å²) in [5.41, 5.74) is 1.59. The van der Waals surface area contributed by atoms with Crippen LogP contribution in [-0.2, 0) is 0 Å². The fourth-order valence-electron chi connectivity index (χ4n) is 3.15. The summed E-state index contributed by atoms with van der Waals surface area (Å²) in [5.74, 6) is 0.747. The van der Waals surface area contributed by atoms with E-state index in [2.05, 4.69) is 76.1 Å². The van der Waals surface area contributed by atoms with Gasteiger partial charge in [-0.25, -0.2) is 0 Å². The predicted molar refractivity (Wildman–Crippen MR) is 90.7 cm³/mol. The number of hydrogen-bond acceptors (Lipinski definition) is 1. The van der Waals surface area contributed by atoms with Crippen LogP contribution < -0.4 is 5.32 Å².